The summed E-state index contributed by atoms with van der Waals surface area (Å²) in [4.78, 5) is 25.2. The quantitative estimate of drug-likeness (QED) is 0.264. The first-order valence-electron chi connectivity index (χ1n) is 9.25. The molecule has 0 spiro atoms. The second-order valence-electron chi connectivity index (χ2n) is 7.35. The predicted molar refractivity (Wildman–Crippen MR) is 103 cm³/mol. The maximum Gasteiger partial charge on any atom is 0.269 e. The van der Waals surface area contributed by atoms with Crippen molar-refractivity contribution in [3.8, 4) is 0 Å². The van der Waals surface area contributed by atoms with Gasteiger partial charge in [-0.3, -0.25) is 14.9 Å². The van der Waals surface area contributed by atoms with Crippen molar-refractivity contribution < 1.29 is 27.3 Å². The zero-order chi connectivity index (χ0) is 22.8. The minimum atomic E-state index is -2.09. The zero-order valence-corrected chi connectivity index (χ0v) is 17.0. The molecule has 0 fully saturated rings. The standard InChI is InChI=1S/C21H22F4N2O3/c1-5-17(28)21(11-12(2)26(3)4,13-6-8-14(9-7-13)27(29)30)18-19(24)15(22)10-16(23)20(18)25/h6-10,12H,5,11H2,1-4H3/t12-,21-/m0/s1. The van der Waals surface area contributed by atoms with Crippen LogP contribution < -0.4 is 0 Å². The molecule has 2 aromatic rings. The number of halogens is 4. The van der Waals surface area contributed by atoms with E-state index < -0.39 is 51.0 Å². The fourth-order valence-electron chi connectivity index (χ4n) is 3.52. The van der Waals surface area contributed by atoms with Crippen molar-refractivity contribution in [3.63, 3.8) is 0 Å². The van der Waals surface area contributed by atoms with Crippen LogP contribution in [0.15, 0.2) is 30.3 Å². The van der Waals surface area contributed by atoms with Crippen LogP contribution >= 0.6 is 0 Å². The number of nitro groups is 1. The van der Waals surface area contributed by atoms with Crippen molar-refractivity contribution in [2.45, 2.75) is 38.1 Å². The van der Waals surface area contributed by atoms with Gasteiger partial charge in [0.25, 0.3) is 5.69 Å². The summed E-state index contributed by atoms with van der Waals surface area (Å²) in [7, 11) is 3.36. The summed E-state index contributed by atoms with van der Waals surface area (Å²) in [6.07, 6.45) is -0.393. The Kier molecular flexibility index (Phi) is 6.97. The van der Waals surface area contributed by atoms with Gasteiger partial charge < -0.3 is 4.90 Å². The third-order valence-electron chi connectivity index (χ3n) is 5.39. The summed E-state index contributed by atoms with van der Waals surface area (Å²) >= 11 is 0. The topological polar surface area (TPSA) is 63.5 Å². The van der Waals surface area contributed by atoms with Crippen LogP contribution in [0.1, 0.15) is 37.8 Å². The lowest BCUT2D eigenvalue weighted by Gasteiger charge is -2.37. The molecule has 0 heterocycles. The Labute approximate surface area is 171 Å². The number of nitrogens with zero attached hydrogens (tertiary/aromatic N) is 2. The number of nitro benzene ring substituents is 1. The van der Waals surface area contributed by atoms with Gasteiger partial charge in [-0.05, 0) is 33.0 Å². The Morgan fingerprint density at radius 2 is 1.60 bits per heavy atom. The molecule has 0 radical (unpaired) electrons. The molecule has 30 heavy (non-hydrogen) atoms. The normalized spacial score (nSPS) is 14.4. The number of carbonyl (C=O) groups is 1. The molecule has 162 valence electrons. The summed E-state index contributed by atoms with van der Waals surface area (Å²) in [6, 6.07) is 4.18. The fraction of sp³-hybridized carbons (Fsp3) is 0.381. The molecule has 2 rings (SSSR count). The second kappa shape index (κ2) is 8.91. The third kappa shape index (κ3) is 4.07. The van der Waals surface area contributed by atoms with Gasteiger partial charge in [0.1, 0.15) is 5.78 Å². The minimum Gasteiger partial charge on any atom is -0.307 e. The van der Waals surface area contributed by atoms with Gasteiger partial charge >= 0.3 is 0 Å². The van der Waals surface area contributed by atoms with Crippen LogP contribution in [-0.4, -0.2) is 35.7 Å². The third-order valence-corrected chi connectivity index (χ3v) is 5.39. The lowest BCUT2D eigenvalue weighted by molar-refractivity contribution is -0.384. The lowest BCUT2D eigenvalue weighted by Crippen LogP contribution is -2.44. The first-order valence-corrected chi connectivity index (χ1v) is 9.25. The molecule has 0 saturated heterocycles. The van der Waals surface area contributed by atoms with E-state index >= 15 is 0 Å². The van der Waals surface area contributed by atoms with E-state index in [9.17, 15) is 32.5 Å². The van der Waals surface area contributed by atoms with Gasteiger partial charge in [0, 0.05) is 36.2 Å². The van der Waals surface area contributed by atoms with Gasteiger partial charge in [-0.1, -0.05) is 19.1 Å². The van der Waals surface area contributed by atoms with Gasteiger partial charge in [-0.25, -0.2) is 17.6 Å². The number of carbonyl (C=O) groups excluding carboxylic acids is 1. The van der Waals surface area contributed by atoms with Gasteiger partial charge in [0.05, 0.1) is 10.3 Å². The first kappa shape index (κ1) is 23.5. The molecule has 0 saturated carbocycles. The van der Waals surface area contributed by atoms with Crippen LogP contribution in [0.4, 0.5) is 23.2 Å². The molecule has 0 aromatic heterocycles. The summed E-state index contributed by atoms with van der Waals surface area (Å²) in [6.45, 7) is 3.16. The molecule has 0 bridgehead atoms. The maximum atomic E-state index is 14.9. The molecule has 2 aromatic carbocycles. The van der Waals surface area contributed by atoms with Gasteiger partial charge in [-0.15, -0.1) is 0 Å². The van der Waals surface area contributed by atoms with E-state index in [-0.39, 0.29) is 30.2 Å². The number of hydrogen-bond donors (Lipinski definition) is 0. The Morgan fingerprint density at radius 3 is 2.00 bits per heavy atom. The number of benzene rings is 2. The van der Waals surface area contributed by atoms with Crippen LogP contribution in [0.3, 0.4) is 0 Å². The molecular weight excluding hydrogens is 404 g/mol. The number of Topliss-reactive ketones (excluding diaryl/α,β-unsaturated/α-hetero) is 1. The van der Waals surface area contributed by atoms with Crippen LogP contribution in [-0.2, 0) is 10.2 Å². The van der Waals surface area contributed by atoms with Crippen molar-refractivity contribution in [2.24, 2.45) is 0 Å². The highest BCUT2D eigenvalue weighted by Gasteiger charge is 2.47. The van der Waals surface area contributed by atoms with Crippen LogP contribution in [0.5, 0.6) is 0 Å². The highest BCUT2D eigenvalue weighted by molar-refractivity contribution is 5.94. The molecule has 0 aliphatic rings. The van der Waals surface area contributed by atoms with Gasteiger partial charge in [0.2, 0.25) is 0 Å². The highest BCUT2D eigenvalue weighted by Crippen LogP contribution is 2.43. The average Bonchev–Trinajstić information content (AvgIpc) is 2.70. The van der Waals surface area contributed by atoms with E-state index in [0.717, 1.165) is 12.1 Å². The van der Waals surface area contributed by atoms with E-state index in [1.807, 2.05) is 0 Å². The maximum absolute atomic E-state index is 14.9. The Balaban J connectivity index is 2.96. The van der Waals surface area contributed by atoms with E-state index in [0.29, 0.717) is 0 Å². The van der Waals surface area contributed by atoms with Crippen molar-refractivity contribution in [2.75, 3.05) is 14.1 Å². The number of non-ortho nitro benzene ring substituents is 1. The molecule has 0 unspecified atom stereocenters. The summed E-state index contributed by atoms with van der Waals surface area (Å²) < 4.78 is 58.1. The largest absolute Gasteiger partial charge is 0.307 e. The number of hydrogen-bond acceptors (Lipinski definition) is 4. The number of ketones is 1. The van der Waals surface area contributed by atoms with Gasteiger partial charge in [-0.2, -0.15) is 0 Å². The average molecular weight is 426 g/mol. The second-order valence-corrected chi connectivity index (χ2v) is 7.35. The molecule has 0 amide bonds. The van der Waals surface area contributed by atoms with Crippen molar-refractivity contribution >= 4 is 11.5 Å². The van der Waals surface area contributed by atoms with E-state index in [4.69, 9.17) is 0 Å². The van der Waals surface area contributed by atoms with Crippen molar-refractivity contribution in [1.29, 1.82) is 0 Å². The van der Waals surface area contributed by atoms with E-state index in [2.05, 4.69) is 0 Å². The molecule has 0 aliphatic heterocycles. The van der Waals surface area contributed by atoms with Crippen LogP contribution in [0.25, 0.3) is 0 Å². The minimum absolute atomic E-state index is 0.0106. The Morgan fingerprint density at radius 1 is 1.10 bits per heavy atom. The molecule has 0 aliphatic carbocycles. The van der Waals surface area contributed by atoms with Crippen molar-refractivity contribution in [1.82, 2.24) is 4.90 Å². The van der Waals surface area contributed by atoms with E-state index in [1.54, 1.807) is 25.9 Å². The van der Waals surface area contributed by atoms with Gasteiger partial charge in [0.15, 0.2) is 23.3 Å². The highest BCUT2D eigenvalue weighted by atomic mass is 19.2. The first-order chi connectivity index (χ1) is 14.0. The monoisotopic (exact) mass is 426 g/mol. The summed E-state index contributed by atoms with van der Waals surface area (Å²) in [5.74, 6) is -7.26. The number of rotatable bonds is 8. The Hall–Kier alpha value is -2.81. The van der Waals surface area contributed by atoms with Crippen LogP contribution in [0, 0.1) is 33.4 Å². The Bertz CT molecular complexity index is 937. The fourth-order valence-corrected chi connectivity index (χ4v) is 3.52. The SMILES string of the molecule is CCC(=O)[C@](C[C@H](C)N(C)C)(c1ccc([N+](=O)[O-])cc1)c1c(F)c(F)cc(F)c1F. The molecule has 9 heteroatoms. The molecule has 0 N–H and O–H groups in total. The van der Waals surface area contributed by atoms with Crippen molar-refractivity contribution in [3.05, 3.63) is 74.8 Å². The zero-order valence-electron chi connectivity index (χ0n) is 17.0. The molecular formula is C21H22F4N2O3. The predicted octanol–water partition coefficient (Wildman–Crippen LogP) is 4.76. The lowest BCUT2D eigenvalue weighted by atomic mass is 9.66. The summed E-state index contributed by atoms with van der Waals surface area (Å²) in [5.41, 5.74) is -3.42. The molecule has 5 nitrogen and oxygen atoms in total. The summed E-state index contributed by atoms with van der Waals surface area (Å²) in [5, 5.41) is 11.0. The smallest absolute Gasteiger partial charge is 0.269 e. The molecule has 2 atom stereocenters. The van der Waals surface area contributed by atoms with E-state index in [1.165, 1.54) is 19.1 Å². The van der Waals surface area contributed by atoms with Crippen LogP contribution in [0.2, 0.25) is 0 Å².